The van der Waals surface area contributed by atoms with Crippen LogP contribution in [0.4, 0.5) is 61.5 Å². The van der Waals surface area contributed by atoms with Gasteiger partial charge in [0.2, 0.25) is 5.82 Å². The van der Waals surface area contributed by atoms with Crippen LogP contribution in [0.1, 0.15) is 5.56 Å². The van der Waals surface area contributed by atoms with E-state index in [1.54, 1.807) is 0 Å². The maximum Gasteiger partial charge on any atom is 0.473 e. The van der Waals surface area contributed by atoms with Crippen LogP contribution in [0.5, 0.6) is 0 Å². The monoisotopic (exact) mass is 414 g/mol. The third-order valence-electron chi connectivity index (χ3n) is 2.65. The molecule has 1 aromatic rings. The molecule has 0 heterocycles. The molecule has 26 heavy (non-hydrogen) atoms. The molecule has 0 atom stereocenters. The fraction of sp³-hybridized carbons (Fsp3) is 0.273. The van der Waals surface area contributed by atoms with Crippen LogP contribution in [-0.4, -0.2) is 12.0 Å². The normalized spacial score (nSPS) is 13.0. The number of hydrogen-bond acceptors (Lipinski definition) is 1. The molecule has 1 rings (SSSR count). The van der Waals surface area contributed by atoms with Crippen molar-refractivity contribution in [2.24, 2.45) is 0 Å². The molecular formula is C11F14O. The molecule has 0 bridgehead atoms. The van der Waals surface area contributed by atoms with Gasteiger partial charge in [0, 0.05) is 0 Å². The first kappa shape index (κ1) is 21.8. The van der Waals surface area contributed by atoms with Gasteiger partial charge in [-0.25, -0.2) is 22.0 Å². The molecule has 1 aromatic carbocycles. The maximum atomic E-state index is 13.5. The molecule has 0 saturated carbocycles. The molecule has 0 saturated heterocycles. The van der Waals surface area contributed by atoms with Gasteiger partial charge in [0.05, 0.1) is 0 Å². The number of halogens is 14. The first-order valence-corrected chi connectivity index (χ1v) is 5.55. The van der Waals surface area contributed by atoms with E-state index in [4.69, 9.17) is 0 Å². The van der Waals surface area contributed by atoms with Crippen molar-refractivity contribution < 1.29 is 66.2 Å². The lowest BCUT2D eigenvalue weighted by atomic mass is 9.99. The van der Waals surface area contributed by atoms with Gasteiger partial charge in [-0.05, 0) is 0 Å². The molecule has 0 radical (unpaired) electrons. The van der Waals surface area contributed by atoms with E-state index in [0.29, 0.717) is 0 Å². The van der Waals surface area contributed by atoms with E-state index in [-0.39, 0.29) is 0 Å². The lowest BCUT2D eigenvalue weighted by Crippen LogP contribution is -2.54. The number of benzene rings is 1. The van der Waals surface area contributed by atoms with E-state index in [1.807, 2.05) is 4.74 Å². The van der Waals surface area contributed by atoms with Gasteiger partial charge in [-0.2, -0.15) is 39.5 Å². The smallest absolute Gasteiger partial charge is 0.397 e. The Morgan fingerprint density at radius 1 is 0.615 bits per heavy atom. The van der Waals surface area contributed by atoms with E-state index < -0.39 is 64.7 Å². The van der Waals surface area contributed by atoms with Crippen molar-refractivity contribution >= 4 is 0 Å². The Morgan fingerprint density at radius 2 is 0.962 bits per heavy atom. The quantitative estimate of drug-likeness (QED) is 0.258. The molecule has 0 spiro atoms. The zero-order valence-corrected chi connectivity index (χ0v) is 11.2. The summed E-state index contributed by atoms with van der Waals surface area (Å²) in [6, 6.07) is -3.76. The summed E-state index contributed by atoms with van der Waals surface area (Å²) in [5, 5.41) is 0. The van der Waals surface area contributed by atoms with Gasteiger partial charge in [0.15, 0.2) is 23.3 Å². The number of rotatable bonds is 5. The second-order valence-corrected chi connectivity index (χ2v) is 4.25. The van der Waals surface area contributed by atoms with Crippen molar-refractivity contribution in [3.63, 3.8) is 0 Å². The molecule has 0 aromatic heterocycles. The SMILES string of the molecule is FC(F)=C(F)OC(F)(F)C(F)(F)C(F)(F)c1c(F)c(F)c(F)c(F)c1F. The summed E-state index contributed by atoms with van der Waals surface area (Å²) < 4.78 is 182. The van der Waals surface area contributed by atoms with Crippen molar-refractivity contribution in [3.05, 3.63) is 46.7 Å². The fourth-order valence-electron chi connectivity index (χ4n) is 1.44. The summed E-state index contributed by atoms with van der Waals surface area (Å²) in [6.45, 7) is 0. The zero-order valence-electron chi connectivity index (χ0n) is 11.2. The molecule has 1 nitrogen and oxygen atoms in total. The second kappa shape index (κ2) is 6.50. The zero-order chi connectivity index (χ0) is 20.8. The Hall–Kier alpha value is -2.22. The van der Waals surface area contributed by atoms with Gasteiger partial charge in [-0.15, -0.1) is 0 Å². The lowest BCUT2D eigenvalue weighted by molar-refractivity contribution is -0.398. The Labute approximate surface area is 132 Å². The van der Waals surface area contributed by atoms with E-state index in [2.05, 4.69) is 0 Å². The third kappa shape index (κ3) is 3.13. The fourth-order valence-corrected chi connectivity index (χ4v) is 1.44. The minimum absolute atomic E-state index is 2.03. The van der Waals surface area contributed by atoms with Crippen LogP contribution < -0.4 is 0 Å². The van der Waals surface area contributed by atoms with Crippen LogP contribution in [0.15, 0.2) is 12.1 Å². The summed E-state index contributed by atoms with van der Waals surface area (Å²) in [5.74, 6) is -30.9. The molecule has 148 valence electrons. The van der Waals surface area contributed by atoms with E-state index in [1.165, 1.54) is 0 Å². The molecule has 0 unspecified atom stereocenters. The summed E-state index contributed by atoms with van der Waals surface area (Å²) in [7, 11) is 0. The molecule has 0 amide bonds. The van der Waals surface area contributed by atoms with Crippen LogP contribution >= 0.6 is 0 Å². The largest absolute Gasteiger partial charge is 0.473 e. The molecule has 0 N–H and O–H groups in total. The van der Waals surface area contributed by atoms with Gasteiger partial charge in [0.25, 0.3) is 0 Å². The van der Waals surface area contributed by atoms with Crippen LogP contribution in [0, 0.1) is 29.1 Å². The van der Waals surface area contributed by atoms with Crippen LogP contribution in [-0.2, 0) is 10.7 Å². The minimum Gasteiger partial charge on any atom is -0.397 e. The highest BCUT2D eigenvalue weighted by Crippen LogP contribution is 2.54. The molecule has 0 fully saturated rings. The first-order chi connectivity index (χ1) is 11.5. The van der Waals surface area contributed by atoms with Gasteiger partial charge in [-0.3, -0.25) is 0 Å². The molecular weight excluding hydrogens is 414 g/mol. The number of ether oxygens (including phenoxy) is 1. The van der Waals surface area contributed by atoms with Gasteiger partial charge < -0.3 is 4.74 Å². The summed E-state index contributed by atoms with van der Waals surface area (Å²) in [5.41, 5.74) is -3.72. The highest BCUT2D eigenvalue weighted by molar-refractivity contribution is 5.30. The molecule has 0 aliphatic rings. The van der Waals surface area contributed by atoms with E-state index in [0.717, 1.165) is 0 Å². The molecule has 0 aliphatic carbocycles. The Morgan fingerprint density at radius 3 is 1.31 bits per heavy atom. The highest BCUT2D eigenvalue weighted by atomic mass is 19.4. The Balaban J connectivity index is 3.66. The lowest BCUT2D eigenvalue weighted by Gasteiger charge is -2.32. The summed E-state index contributed by atoms with van der Waals surface area (Å²) in [4.78, 5) is 0. The van der Waals surface area contributed by atoms with Gasteiger partial charge >= 0.3 is 30.0 Å². The number of alkyl halides is 6. The Bertz CT molecular complexity index is 719. The maximum absolute atomic E-state index is 13.5. The van der Waals surface area contributed by atoms with Crippen molar-refractivity contribution in [2.45, 2.75) is 18.0 Å². The predicted octanol–water partition coefficient (Wildman–Crippen LogP) is 5.75. The summed E-state index contributed by atoms with van der Waals surface area (Å²) in [6.07, 6.45) is -10.7. The van der Waals surface area contributed by atoms with Crippen molar-refractivity contribution in [2.75, 3.05) is 0 Å². The van der Waals surface area contributed by atoms with E-state index in [9.17, 15) is 61.5 Å². The van der Waals surface area contributed by atoms with Crippen molar-refractivity contribution in [3.8, 4) is 0 Å². The van der Waals surface area contributed by atoms with Crippen LogP contribution in [0.2, 0.25) is 0 Å². The average molecular weight is 414 g/mol. The predicted molar refractivity (Wildman–Crippen MR) is 51.5 cm³/mol. The van der Waals surface area contributed by atoms with Gasteiger partial charge in [0.1, 0.15) is 5.56 Å². The number of hydrogen-bond donors (Lipinski definition) is 0. The van der Waals surface area contributed by atoms with E-state index >= 15 is 0 Å². The molecule has 15 heteroatoms. The van der Waals surface area contributed by atoms with Gasteiger partial charge in [-0.1, -0.05) is 0 Å². The second-order valence-electron chi connectivity index (χ2n) is 4.25. The van der Waals surface area contributed by atoms with Crippen molar-refractivity contribution in [1.82, 2.24) is 0 Å². The Kier molecular flexibility index (Phi) is 5.45. The first-order valence-electron chi connectivity index (χ1n) is 5.55. The average Bonchev–Trinajstić information content (AvgIpc) is 2.50. The third-order valence-corrected chi connectivity index (χ3v) is 2.65. The minimum atomic E-state index is -7.26. The topological polar surface area (TPSA) is 9.23 Å². The summed E-state index contributed by atoms with van der Waals surface area (Å²) >= 11 is 0. The molecule has 0 aliphatic heterocycles. The van der Waals surface area contributed by atoms with Crippen LogP contribution in [0.3, 0.4) is 0 Å². The van der Waals surface area contributed by atoms with Crippen molar-refractivity contribution in [1.29, 1.82) is 0 Å². The van der Waals surface area contributed by atoms with Crippen LogP contribution in [0.25, 0.3) is 0 Å². The highest BCUT2D eigenvalue weighted by Gasteiger charge is 2.76. The standard InChI is InChI=1S/C11F14O/c12-2-1(3(13)5(15)6(16)4(2)14)9(20,21)10(22,23)11(24,25)26-8(19)7(17)18.